The van der Waals surface area contributed by atoms with Crippen molar-refractivity contribution in [3.8, 4) is 10.6 Å². The topological polar surface area (TPSA) is 152 Å². The molecule has 1 aliphatic rings. The Bertz CT molecular complexity index is 1590. The van der Waals surface area contributed by atoms with Gasteiger partial charge in [-0.25, -0.2) is 14.4 Å². The lowest BCUT2D eigenvalue weighted by molar-refractivity contribution is 0.00446. The highest BCUT2D eigenvalue weighted by Gasteiger charge is 2.41. The van der Waals surface area contributed by atoms with E-state index >= 15 is 0 Å². The van der Waals surface area contributed by atoms with Crippen molar-refractivity contribution in [1.82, 2.24) is 25.1 Å². The molecule has 4 atom stereocenters. The summed E-state index contributed by atoms with van der Waals surface area (Å²) < 4.78 is 15.7. The highest BCUT2D eigenvalue weighted by Crippen LogP contribution is 2.38. The largest absolute Gasteiger partial charge is 0.396 e. The zero-order valence-corrected chi connectivity index (χ0v) is 21.2. The quantitative estimate of drug-likeness (QED) is 0.184. The molecule has 6 N–H and O–H groups in total. The highest BCUT2D eigenvalue weighted by molar-refractivity contribution is 7.21. The van der Waals surface area contributed by atoms with E-state index in [2.05, 4.69) is 30.8 Å². The Balaban J connectivity index is 1.36. The average molecular weight is 536 g/mol. The molecule has 0 unspecified atom stereocenters. The van der Waals surface area contributed by atoms with Crippen LogP contribution in [-0.4, -0.2) is 65.3 Å². The summed E-state index contributed by atoms with van der Waals surface area (Å²) in [5, 5.41) is 45.2. The predicted molar refractivity (Wildman–Crippen MR) is 143 cm³/mol. The molecule has 12 heteroatoms. The van der Waals surface area contributed by atoms with Crippen molar-refractivity contribution in [2.45, 2.75) is 38.1 Å². The summed E-state index contributed by atoms with van der Waals surface area (Å²) in [5.74, 6) is -0.128. The molecule has 0 aliphatic heterocycles. The van der Waals surface area contributed by atoms with Gasteiger partial charge in [-0.3, -0.25) is 5.10 Å². The third-order valence-electron chi connectivity index (χ3n) is 7.00. The Hall–Kier alpha value is -3.71. The maximum Gasteiger partial charge on any atom is 0.225 e. The smallest absolute Gasteiger partial charge is 0.225 e. The number of nitrogens with one attached hydrogen (secondary N) is 3. The van der Waals surface area contributed by atoms with E-state index < -0.39 is 24.2 Å². The van der Waals surface area contributed by atoms with Crippen LogP contribution in [0.25, 0.3) is 31.7 Å². The molecule has 5 aromatic rings. The van der Waals surface area contributed by atoms with Gasteiger partial charge in [-0.05, 0) is 37.6 Å². The summed E-state index contributed by atoms with van der Waals surface area (Å²) in [5.41, 5.74) is 3.22. The number of para-hydroxylation sites is 1. The first kappa shape index (κ1) is 24.6. The minimum Gasteiger partial charge on any atom is -0.396 e. The lowest BCUT2D eigenvalue weighted by atomic mass is 10.1. The minimum atomic E-state index is -1.09. The number of aromatic nitrogens is 5. The molecule has 3 heterocycles. The van der Waals surface area contributed by atoms with E-state index in [0.29, 0.717) is 39.6 Å². The number of aryl methyl sites for hydroxylation is 1. The number of halogens is 1. The summed E-state index contributed by atoms with van der Waals surface area (Å²) >= 11 is 1.50. The Kier molecular flexibility index (Phi) is 6.40. The molecule has 1 fully saturated rings. The minimum absolute atomic E-state index is 0.143. The fraction of sp³-hybridized carbons (Fsp3) is 0.308. The SMILES string of the molecule is Cc1nc(NCc2cc3cn[nH]c3cc2F)nc(N[C@@H]2C[C@H](CO)[C@@H](O)[C@H]2O)c1-c1nc2ccccc2s1. The Morgan fingerprint density at radius 2 is 1.97 bits per heavy atom. The van der Waals surface area contributed by atoms with E-state index in [1.807, 2.05) is 31.2 Å². The molecular formula is C26H26FN7O3S. The lowest BCUT2D eigenvalue weighted by Gasteiger charge is -2.21. The van der Waals surface area contributed by atoms with Crippen molar-refractivity contribution in [3.63, 3.8) is 0 Å². The molecule has 2 aromatic carbocycles. The second-order valence-electron chi connectivity index (χ2n) is 9.51. The molecule has 0 radical (unpaired) electrons. The zero-order valence-electron chi connectivity index (χ0n) is 20.4. The van der Waals surface area contributed by atoms with E-state index in [9.17, 15) is 19.7 Å². The summed E-state index contributed by atoms with van der Waals surface area (Å²) in [6, 6.07) is 10.4. The summed E-state index contributed by atoms with van der Waals surface area (Å²) in [7, 11) is 0. The number of aliphatic hydroxyl groups is 3. The number of hydrogen-bond acceptors (Lipinski definition) is 10. The number of H-pyrrole nitrogens is 1. The fourth-order valence-corrected chi connectivity index (χ4v) is 6.00. The van der Waals surface area contributed by atoms with Gasteiger partial charge in [-0.15, -0.1) is 11.3 Å². The van der Waals surface area contributed by atoms with Crippen molar-refractivity contribution in [3.05, 3.63) is 59.7 Å². The van der Waals surface area contributed by atoms with Crippen LogP contribution >= 0.6 is 11.3 Å². The third kappa shape index (κ3) is 4.45. The van der Waals surface area contributed by atoms with Crippen molar-refractivity contribution in [2.24, 2.45) is 5.92 Å². The van der Waals surface area contributed by atoms with E-state index in [-0.39, 0.29) is 24.9 Å². The van der Waals surface area contributed by atoms with Gasteiger partial charge >= 0.3 is 0 Å². The van der Waals surface area contributed by atoms with Crippen LogP contribution in [0.5, 0.6) is 0 Å². The molecule has 6 rings (SSSR count). The van der Waals surface area contributed by atoms with Gasteiger partial charge in [-0.2, -0.15) is 10.1 Å². The Morgan fingerprint density at radius 3 is 2.76 bits per heavy atom. The van der Waals surface area contributed by atoms with Crippen molar-refractivity contribution < 1.29 is 19.7 Å². The lowest BCUT2D eigenvalue weighted by Crippen LogP contribution is -2.35. The maximum atomic E-state index is 14.6. The number of hydrogen-bond donors (Lipinski definition) is 6. The molecule has 10 nitrogen and oxygen atoms in total. The first-order valence-corrected chi connectivity index (χ1v) is 13.1. The zero-order chi connectivity index (χ0) is 26.4. The predicted octanol–water partition coefficient (Wildman–Crippen LogP) is 3.20. The van der Waals surface area contributed by atoms with Crippen LogP contribution in [-0.2, 0) is 6.54 Å². The Labute approximate surface area is 220 Å². The van der Waals surface area contributed by atoms with E-state index in [1.165, 1.54) is 17.4 Å². The molecule has 0 spiro atoms. The van der Waals surface area contributed by atoms with Crippen LogP contribution in [0, 0.1) is 18.7 Å². The molecule has 3 aromatic heterocycles. The van der Waals surface area contributed by atoms with Crippen LogP contribution in [0.15, 0.2) is 42.6 Å². The van der Waals surface area contributed by atoms with Gasteiger partial charge in [0.25, 0.3) is 0 Å². The molecule has 0 amide bonds. The third-order valence-corrected chi connectivity index (χ3v) is 8.05. The van der Waals surface area contributed by atoms with Crippen molar-refractivity contribution in [1.29, 1.82) is 0 Å². The normalized spacial score (nSPS) is 21.4. The summed E-state index contributed by atoms with van der Waals surface area (Å²) in [4.78, 5) is 14.1. The van der Waals surface area contributed by atoms with Crippen LogP contribution in [0.2, 0.25) is 0 Å². The molecular weight excluding hydrogens is 509 g/mol. The van der Waals surface area contributed by atoms with Gasteiger partial charge in [-0.1, -0.05) is 12.1 Å². The number of aromatic amines is 1. The molecule has 0 bridgehead atoms. The molecule has 196 valence electrons. The van der Waals surface area contributed by atoms with Gasteiger partial charge in [0.05, 0.1) is 45.3 Å². The maximum absolute atomic E-state index is 14.6. The highest BCUT2D eigenvalue weighted by atomic mass is 32.1. The van der Waals surface area contributed by atoms with Crippen LogP contribution in [0.3, 0.4) is 0 Å². The van der Waals surface area contributed by atoms with Gasteiger partial charge in [0.1, 0.15) is 22.7 Å². The number of benzene rings is 2. The van der Waals surface area contributed by atoms with Gasteiger partial charge in [0, 0.05) is 30.0 Å². The molecule has 1 aliphatic carbocycles. The number of aliphatic hydroxyl groups excluding tert-OH is 3. The standard InChI is InChI=1S/C26H26FN7O3S/c1-12-21(25-32-17-4-2-3-5-20(17)38-25)24(31-19-7-15(11-35)22(36)23(19)37)33-26(30-12)28-9-13-6-14-10-29-34-18(14)8-16(13)27/h2-6,8,10,15,19,22-23,35-37H,7,9,11H2,1H3,(H,29,34)(H2,28,30,31,33)/t15-,19-,22-,23+/m1/s1. The van der Waals surface area contributed by atoms with Crippen LogP contribution in [0.4, 0.5) is 16.2 Å². The van der Waals surface area contributed by atoms with E-state index in [0.717, 1.165) is 15.6 Å². The van der Waals surface area contributed by atoms with Gasteiger partial charge < -0.3 is 26.0 Å². The first-order chi connectivity index (χ1) is 18.4. The number of fused-ring (bicyclic) bond motifs is 2. The second-order valence-corrected chi connectivity index (χ2v) is 10.5. The second kappa shape index (κ2) is 9.87. The first-order valence-electron chi connectivity index (χ1n) is 12.2. The van der Waals surface area contributed by atoms with Gasteiger partial charge in [0.15, 0.2) is 0 Å². The fourth-order valence-electron chi connectivity index (χ4n) is 4.94. The number of thiazole rings is 1. The summed E-state index contributed by atoms with van der Waals surface area (Å²) in [6.45, 7) is 1.75. The van der Waals surface area contributed by atoms with Crippen molar-refractivity contribution >= 4 is 44.2 Å². The van der Waals surface area contributed by atoms with Crippen LogP contribution < -0.4 is 10.6 Å². The van der Waals surface area contributed by atoms with Crippen LogP contribution in [0.1, 0.15) is 17.7 Å². The summed E-state index contributed by atoms with van der Waals surface area (Å²) in [6.07, 6.45) is -0.142. The van der Waals surface area contributed by atoms with Crippen molar-refractivity contribution in [2.75, 3.05) is 17.2 Å². The van der Waals surface area contributed by atoms with Gasteiger partial charge in [0.2, 0.25) is 5.95 Å². The van der Waals surface area contributed by atoms with E-state index in [4.69, 9.17) is 4.98 Å². The number of rotatable bonds is 7. The number of anilines is 2. The molecule has 38 heavy (non-hydrogen) atoms. The number of nitrogens with zero attached hydrogens (tertiary/aromatic N) is 4. The molecule has 0 saturated heterocycles. The monoisotopic (exact) mass is 535 g/mol. The molecule has 1 saturated carbocycles. The Morgan fingerprint density at radius 1 is 1.13 bits per heavy atom. The average Bonchev–Trinajstić information content (AvgIpc) is 3.60. The van der Waals surface area contributed by atoms with E-state index in [1.54, 1.807) is 12.3 Å².